The van der Waals surface area contributed by atoms with Crippen LogP contribution in [-0.2, 0) is 14.3 Å². The molecule has 6 nitrogen and oxygen atoms in total. The van der Waals surface area contributed by atoms with Crippen LogP contribution in [0.3, 0.4) is 0 Å². The fourth-order valence-electron chi connectivity index (χ4n) is 2.46. The predicted octanol–water partition coefficient (Wildman–Crippen LogP) is 2.97. The van der Waals surface area contributed by atoms with E-state index in [1.165, 1.54) is 28.4 Å². The molecule has 0 spiro atoms. The van der Waals surface area contributed by atoms with E-state index < -0.39 is 24.2 Å². The minimum Gasteiger partial charge on any atom is -0.466 e. The molecule has 0 bridgehead atoms. The van der Waals surface area contributed by atoms with Crippen molar-refractivity contribution in [3.63, 3.8) is 0 Å². The van der Waals surface area contributed by atoms with Crippen molar-refractivity contribution >= 4 is 39.8 Å². The van der Waals surface area contributed by atoms with E-state index in [0.717, 1.165) is 5.56 Å². The van der Waals surface area contributed by atoms with E-state index in [9.17, 15) is 14.7 Å². The zero-order chi connectivity index (χ0) is 20.4. The van der Waals surface area contributed by atoms with Gasteiger partial charge < -0.3 is 14.7 Å². The third kappa shape index (κ3) is 7.20. The lowest BCUT2D eigenvalue weighted by Gasteiger charge is -2.31. The zero-order valence-electron chi connectivity index (χ0n) is 16.4. The second kappa shape index (κ2) is 12.0. The topological polar surface area (TPSA) is 79.2 Å². The molecule has 0 radical (unpaired) electrons. The number of hydrogen-bond donors (Lipinski definition) is 1. The molecule has 0 aliphatic heterocycles. The van der Waals surface area contributed by atoms with Gasteiger partial charge in [0, 0.05) is 7.05 Å². The number of aliphatic imine (C=N–C) groups is 1. The first kappa shape index (κ1) is 23.5. The number of rotatable bonds is 8. The number of benzene rings is 1. The van der Waals surface area contributed by atoms with Gasteiger partial charge in [0.1, 0.15) is 10.4 Å². The zero-order valence-corrected chi connectivity index (χ0v) is 18.0. The Balaban J connectivity index is 3.00. The van der Waals surface area contributed by atoms with Crippen molar-refractivity contribution in [1.29, 1.82) is 0 Å². The molecule has 1 rings (SSSR count). The summed E-state index contributed by atoms with van der Waals surface area (Å²) >= 11 is 2.84. The lowest BCUT2D eigenvalue weighted by atomic mass is 10.0. The Kier molecular flexibility index (Phi) is 10.5. The van der Waals surface area contributed by atoms with Gasteiger partial charge in [0.2, 0.25) is 5.91 Å². The van der Waals surface area contributed by atoms with Crippen molar-refractivity contribution in [1.82, 2.24) is 4.90 Å². The molecule has 0 aromatic heterocycles. The Bertz CT molecular complexity index is 634. The molecule has 0 saturated carbocycles. The summed E-state index contributed by atoms with van der Waals surface area (Å²) in [4.78, 5) is 30.8. The minimum atomic E-state index is -0.880. The normalized spacial score (nSPS) is 14.0. The fraction of sp³-hybridized carbons (Fsp3) is 0.526. The Morgan fingerprint density at radius 1 is 1.22 bits per heavy atom. The summed E-state index contributed by atoms with van der Waals surface area (Å²) in [5.41, 5.74) is 0.726. The van der Waals surface area contributed by atoms with Gasteiger partial charge in [0.25, 0.3) is 0 Å². The predicted molar refractivity (Wildman–Crippen MR) is 113 cm³/mol. The highest BCUT2D eigenvalue weighted by atomic mass is 32.2. The molecular weight excluding hydrogens is 384 g/mol. The number of thioether (sulfide) groups is 2. The maximum absolute atomic E-state index is 13.0. The lowest BCUT2D eigenvalue weighted by molar-refractivity contribution is -0.147. The minimum absolute atomic E-state index is 0.129. The van der Waals surface area contributed by atoms with E-state index in [4.69, 9.17) is 4.74 Å². The molecule has 1 aromatic carbocycles. The highest BCUT2D eigenvalue weighted by molar-refractivity contribution is 8.38. The maximum atomic E-state index is 13.0. The molecule has 150 valence electrons. The summed E-state index contributed by atoms with van der Waals surface area (Å²) in [6.45, 7) is 3.74. The van der Waals surface area contributed by atoms with Crippen LogP contribution >= 0.6 is 23.5 Å². The van der Waals surface area contributed by atoms with Crippen molar-refractivity contribution in [2.24, 2.45) is 4.99 Å². The number of esters is 1. The van der Waals surface area contributed by atoms with E-state index >= 15 is 0 Å². The second-order valence-corrected chi connectivity index (χ2v) is 7.72. The number of hydrogen-bond acceptors (Lipinski definition) is 7. The quantitative estimate of drug-likeness (QED) is 0.402. The number of amides is 1. The van der Waals surface area contributed by atoms with Crippen LogP contribution in [0.25, 0.3) is 0 Å². The van der Waals surface area contributed by atoms with E-state index in [-0.39, 0.29) is 18.9 Å². The summed E-state index contributed by atoms with van der Waals surface area (Å²) in [5.74, 6) is -0.794. The molecular formula is C19H28N2O4S2. The van der Waals surface area contributed by atoms with Crippen LogP contribution in [0.1, 0.15) is 31.9 Å². The van der Waals surface area contributed by atoms with Gasteiger partial charge in [-0.3, -0.25) is 14.6 Å². The molecule has 1 aromatic rings. The number of ether oxygens (including phenoxy) is 1. The molecule has 27 heavy (non-hydrogen) atoms. The van der Waals surface area contributed by atoms with Gasteiger partial charge in [-0.05, 0) is 31.9 Å². The van der Waals surface area contributed by atoms with Crippen molar-refractivity contribution in [2.75, 3.05) is 26.2 Å². The summed E-state index contributed by atoms with van der Waals surface area (Å²) in [7, 11) is 1.62. The first-order valence-electron chi connectivity index (χ1n) is 8.66. The van der Waals surface area contributed by atoms with Gasteiger partial charge in [-0.2, -0.15) is 0 Å². The van der Waals surface area contributed by atoms with Gasteiger partial charge in [0.05, 0.1) is 25.2 Å². The Morgan fingerprint density at radius 2 is 1.81 bits per heavy atom. The van der Waals surface area contributed by atoms with Crippen LogP contribution in [0.4, 0.5) is 0 Å². The van der Waals surface area contributed by atoms with Gasteiger partial charge >= 0.3 is 5.97 Å². The van der Waals surface area contributed by atoms with Crippen molar-refractivity contribution in [2.45, 2.75) is 38.5 Å². The number of carbonyl (C=O) groups excluding carboxylic acids is 2. The molecule has 0 heterocycles. The first-order chi connectivity index (χ1) is 12.8. The molecule has 3 atom stereocenters. The smallest absolute Gasteiger partial charge is 0.308 e. The molecule has 0 aliphatic rings. The van der Waals surface area contributed by atoms with E-state index in [0.29, 0.717) is 4.38 Å². The lowest BCUT2D eigenvalue weighted by Crippen LogP contribution is -2.44. The van der Waals surface area contributed by atoms with Crippen LogP contribution in [0, 0.1) is 0 Å². The van der Waals surface area contributed by atoms with Gasteiger partial charge in [-0.1, -0.05) is 30.3 Å². The second-order valence-electron chi connectivity index (χ2n) is 5.87. The number of carbonyl (C=O) groups is 2. The number of nitrogens with zero attached hydrogens (tertiary/aromatic N) is 2. The third-order valence-corrected chi connectivity index (χ3v) is 6.03. The molecule has 0 fully saturated rings. The fourth-order valence-corrected chi connectivity index (χ4v) is 3.59. The maximum Gasteiger partial charge on any atom is 0.308 e. The standard InChI is InChI=1S/C19H28N2O4S2/c1-6-25-16(22)12-15(20-19(26-4)27-5)18(24)21(3)13(2)17(23)14-10-8-7-9-11-14/h7-11,13,15,17,23H,6,12H2,1-5H3/t13-,15+,17+/m0/s1. The van der Waals surface area contributed by atoms with Crippen molar-refractivity contribution in [3.8, 4) is 0 Å². The van der Waals surface area contributed by atoms with Crippen molar-refractivity contribution < 1.29 is 19.4 Å². The summed E-state index contributed by atoms with van der Waals surface area (Å²) in [5, 5.41) is 10.6. The Hall–Kier alpha value is -1.51. The number of aliphatic hydroxyl groups is 1. The summed E-state index contributed by atoms with van der Waals surface area (Å²) < 4.78 is 5.70. The molecule has 0 aliphatic carbocycles. The van der Waals surface area contributed by atoms with Gasteiger partial charge in [0.15, 0.2) is 0 Å². The summed E-state index contributed by atoms with van der Waals surface area (Å²) in [6, 6.07) is 7.81. The van der Waals surface area contributed by atoms with Gasteiger partial charge in [-0.15, -0.1) is 23.5 Å². The molecule has 1 amide bonds. The van der Waals surface area contributed by atoms with Crippen LogP contribution < -0.4 is 0 Å². The average molecular weight is 413 g/mol. The van der Waals surface area contributed by atoms with Crippen molar-refractivity contribution in [3.05, 3.63) is 35.9 Å². The van der Waals surface area contributed by atoms with Gasteiger partial charge in [-0.25, -0.2) is 0 Å². The molecule has 1 N–H and O–H groups in total. The molecule has 0 saturated heterocycles. The van der Waals surface area contributed by atoms with Crippen LogP contribution in [0.2, 0.25) is 0 Å². The number of likely N-dealkylation sites (N-methyl/N-ethyl adjacent to an activating group) is 1. The monoisotopic (exact) mass is 412 g/mol. The highest BCUT2D eigenvalue weighted by Crippen LogP contribution is 2.22. The largest absolute Gasteiger partial charge is 0.466 e. The first-order valence-corrected chi connectivity index (χ1v) is 11.1. The third-order valence-electron chi connectivity index (χ3n) is 4.12. The SMILES string of the molecule is CCOC(=O)C[C@@H](N=C(SC)SC)C(=O)N(C)[C@@H](C)[C@@H](O)c1ccccc1. The molecule has 8 heteroatoms. The number of aliphatic hydroxyl groups excluding tert-OH is 1. The Labute approximate surface area is 169 Å². The van der Waals surface area contributed by atoms with Crippen LogP contribution in [0.5, 0.6) is 0 Å². The molecule has 0 unspecified atom stereocenters. The van der Waals surface area contributed by atoms with E-state index in [2.05, 4.69) is 4.99 Å². The van der Waals surface area contributed by atoms with Crippen LogP contribution in [0.15, 0.2) is 35.3 Å². The highest BCUT2D eigenvalue weighted by Gasteiger charge is 2.31. The van der Waals surface area contributed by atoms with Crippen LogP contribution in [-0.4, -0.2) is 64.5 Å². The average Bonchev–Trinajstić information content (AvgIpc) is 2.69. The van der Waals surface area contributed by atoms with E-state index in [1.807, 2.05) is 42.8 Å². The Morgan fingerprint density at radius 3 is 2.33 bits per heavy atom. The van der Waals surface area contributed by atoms with E-state index in [1.54, 1.807) is 20.9 Å². The summed E-state index contributed by atoms with van der Waals surface area (Å²) in [6.07, 6.45) is 2.77.